The highest BCUT2D eigenvalue weighted by Crippen LogP contribution is 2.23. The molecule has 2 amide bonds. The van der Waals surface area contributed by atoms with Crippen LogP contribution in [-0.2, 0) is 11.2 Å². The van der Waals surface area contributed by atoms with Crippen LogP contribution >= 0.6 is 0 Å². The number of fused-ring (bicyclic) bond motifs is 1. The number of carbonyl (C=O) groups is 2. The van der Waals surface area contributed by atoms with E-state index in [0.29, 0.717) is 6.42 Å². The second kappa shape index (κ2) is 6.51. The van der Waals surface area contributed by atoms with Gasteiger partial charge in [-0.1, -0.05) is 31.0 Å². The van der Waals surface area contributed by atoms with Gasteiger partial charge in [-0.15, -0.1) is 0 Å². The molecule has 1 fully saturated rings. The minimum Gasteiger partial charge on any atom is -0.341 e. The summed E-state index contributed by atoms with van der Waals surface area (Å²) >= 11 is 0. The predicted molar refractivity (Wildman–Crippen MR) is 85.7 cm³/mol. The maximum absolute atomic E-state index is 12.9. The number of benzene rings is 1. The molecule has 3 rings (SSSR count). The smallest absolute Gasteiger partial charge is 0.254 e. The van der Waals surface area contributed by atoms with Crippen LogP contribution in [-0.4, -0.2) is 47.8 Å². The number of amides is 2. The van der Waals surface area contributed by atoms with E-state index < -0.39 is 0 Å². The molecule has 0 aliphatic carbocycles. The van der Waals surface area contributed by atoms with Gasteiger partial charge in [-0.2, -0.15) is 0 Å². The Morgan fingerprint density at radius 1 is 1.09 bits per heavy atom. The highest BCUT2D eigenvalue weighted by atomic mass is 16.2. The van der Waals surface area contributed by atoms with Gasteiger partial charge in [-0.05, 0) is 37.3 Å². The summed E-state index contributed by atoms with van der Waals surface area (Å²) in [5.74, 6) is 0.104. The summed E-state index contributed by atoms with van der Waals surface area (Å²) in [7, 11) is 1.77. The molecule has 0 bridgehead atoms. The van der Waals surface area contributed by atoms with E-state index in [-0.39, 0.29) is 17.9 Å². The molecule has 1 atom stereocenters. The average Bonchev–Trinajstić information content (AvgIpc) is 2.88. The molecule has 0 aromatic heterocycles. The van der Waals surface area contributed by atoms with Crippen molar-refractivity contribution in [3.63, 3.8) is 0 Å². The van der Waals surface area contributed by atoms with Crippen molar-refractivity contribution in [2.24, 2.45) is 0 Å². The molecule has 0 radical (unpaired) electrons. The lowest BCUT2D eigenvalue weighted by atomic mass is 10.0. The number of nitrogens with zero attached hydrogens (tertiary/aromatic N) is 2. The van der Waals surface area contributed by atoms with Gasteiger partial charge in [0.2, 0.25) is 5.91 Å². The monoisotopic (exact) mass is 300 g/mol. The Hall–Kier alpha value is -1.84. The number of likely N-dealkylation sites (tertiary alicyclic amines) is 1. The van der Waals surface area contributed by atoms with Crippen molar-refractivity contribution in [3.8, 4) is 0 Å². The van der Waals surface area contributed by atoms with Gasteiger partial charge < -0.3 is 9.80 Å². The van der Waals surface area contributed by atoms with Crippen molar-refractivity contribution in [2.75, 3.05) is 20.1 Å². The van der Waals surface area contributed by atoms with Crippen LogP contribution in [0, 0.1) is 0 Å². The first-order valence-electron chi connectivity index (χ1n) is 8.32. The van der Waals surface area contributed by atoms with Crippen molar-refractivity contribution < 1.29 is 9.59 Å². The van der Waals surface area contributed by atoms with Crippen molar-refractivity contribution in [1.29, 1.82) is 0 Å². The molecule has 0 spiro atoms. The molecule has 118 valence electrons. The van der Waals surface area contributed by atoms with Crippen molar-refractivity contribution in [2.45, 2.75) is 44.6 Å². The van der Waals surface area contributed by atoms with Crippen LogP contribution in [0.25, 0.3) is 0 Å². The summed E-state index contributed by atoms with van der Waals surface area (Å²) in [6, 6.07) is 7.40. The van der Waals surface area contributed by atoms with Gasteiger partial charge in [-0.25, -0.2) is 0 Å². The largest absolute Gasteiger partial charge is 0.341 e. The molecule has 4 heteroatoms. The van der Waals surface area contributed by atoms with Gasteiger partial charge in [0.15, 0.2) is 0 Å². The number of likely N-dealkylation sites (N-methyl/N-ethyl adjacent to an activating group) is 1. The number of aryl methyl sites for hydroxylation is 1. The fourth-order valence-electron chi connectivity index (χ4n) is 3.56. The maximum Gasteiger partial charge on any atom is 0.254 e. The highest BCUT2D eigenvalue weighted by molar-refractivity contribution is 5.99. The first-order valence-corrected chi connectivity index (χ1v) is 8.32. The normalized spacial score (nSPS) is 22.8. The topological polar surface area (TPSA) is 40.6 Å². The van der Waals surface area contributed by atoms with Crippen LogP contribution < -0.4 is 0 Å². The fraction of sp³-hybridized carbons (Fsp3) is 0.556. The van der Waals surface area contributed by atoms with Crippen LogP contribution in [0.5, 0.6) is 0 Å². The molecule has 4 nitrogen and oxygen atoms in total. The average molecular weight is 300 g/mol. The van der Waals surface area contributed by atoms with Crippen molar-refractivity contribution in [1.82, 2.24) is 9.80 Å². The van der Waals surface area contributed by atoms with Crippen molar-refractivity contribution >= 4 is 11.8 Å². The maximum atomic E-state index is 12.9. The predicted octanol–water partition coefficient (Wildman–Crippen LogP) is 2.48. The van der Waals surface area contributed by atoms with Gasteiger partial charge >= 0.3 is 0 Å². The zero-order valence-electron chi connectivity index (χ0n) is 13.3. The Labute approximate surface area is 132 Å². The third-order valence-electron chi connectivity index (χ3n) is 4.93. The Morgan fingerprint density at radius 3 is 2.50 bits per heavy atom. The first kappa shape index (κ1) is 15.1. The van der Waals surface area contributed by atoms with E-state index in [9.17, 15) is 9.59 Å². The number of rotatable bonds is 1. The van der Waals surface area contributed by atoms with Gasteiger partial charge in [0, 0.05) is 25.7 Å². The molecular weight excluding hydrogens is 276 g/mol. The van der Waals surface area contributed by atoms with E-state index in [0.717, 1.165) is 43.5 Å². The Bertz CT molecular complexity index is 562. The zero-order chi connectivity index (χ0) is 15.5. The molecule has 2 heterocycles. The minimum atomic E-state index is -0.321. The van der Waals surface area contributed by atoms with Gasteiger partial charge in [-0.3, -0.25) is 9.59 Å². The van der Waals surface area contributed by atoms with E-state index in [4.69, 9.17) is 0 Å². The number of hydrogen-bond acceptors (Lipinski definition) is 2. The minimum absolute atomic E-state index is 0.0266. The lowest BCUT2D eigenvalue weighted by Gasteiger charge is -2.30. The fourth-order valence-corrected chi connectivity index (χ4v) is 3.56. The molecule has 2 aliphatic heterocycles. The Balaban J connectivity index is 1.80. The van der Waals surface area contributed by atoms with E-state index in [1.807, 2.05) is 29.2 Å². The Morgan fingerprint density at radius 2 is 1.77 bits per heavy atom. The zero-order valence-corrected chi connectivity index (χ0v) is 13.3. The summed E-state index contributed by atoms with van der Waals surface area (Å²) in [6.45, 7) is 1.68. The number of hydrogen-bond donors (Lipinski definition) is 0. The van der Waals surface area contributed by atoms with Crippen LogP contribution in [0.4, 0.5) is 0 Å². The molecule has 0 saturated carbocycles. The molecule has 22 heavy (non-hydrogen) atoms. The quantitative estimate of drug-likeness (QED) is 0.799. The molecule has 1 saturated heterocycles. The lowest BCUT2D eigenvalue weighted by Crippen LogP contribution is -2.49. The van der Waals surface area contributed by atoms with Gasteiger partial charge in [0.05, 0.1) is 0 Å². The van der Waals surface area contributed by atoms with Crippen LogP contribution in [0.1, 0.15) is 48.0 Å². The summed E-state index contributed by atoms with van der Waals surface area (Å²) in [4.78, 5) is 29.2. The second-order valence-electron chi connectivity index (χ2n) is 6.37. The van der Waals surface area contributed by atoms with Crippen LogP contribution in [0.15, 0.2) is 24.3 Å². The van der Waals surface area contributed by atoms with Gasteiger partial charge in [0.1, 0.15) is 6.04 Å². The third kappa shape index (κ3) is 2.87. The van der Waals surface area contributed by atoms with E-state index in [1.165, 1.54) is 12.8 Å². The van der Waals surface area contributed by atoms with Crippen LogP contribution in [0.3, 0.4) is 0 Å². The van der Waals surface area contributed by atoms with E-state index in [1.54, 1.807) is 11.9 Å². The molecule has 1 aromatic rings. The van der Waals surface area contributed by atoms with E-state index in [2.05, 4.69) is 0 Å². The van der Waals surface area contributed by atoms with Crippen LogP contribution in [0.2, 0.25) is 0 Å². The standard InChI is InChI=1S/C18H24N2O2/c1-19-16(18(22)20-12-6-2-3-7-13-20)11-10-14-8-4-5-9-15(14)17(19)21/h4-5,8-9,16H,2-3,6-7,10-13H2,1H3. The SMILES string of the molecule is CN1C(=O)c2ccccc2CCC1C(=O)N1CCCCCC1. The van der Waals surface area contributed by atoms with E-state index >= 15 is 0 Å². The lowest BCUT2D eigenvalue weighted by molar-refractivity contribution is -0.135. The summed E-state index contributed by atoms with van der Waals surface area (Å²) < 4.78 is 0. The summed E-state index contributed by atoms with van der Waals surface area (Å²) in [6.07, 6.45) is 6.07. The summed E-state index contributed by atoms with van der Waals surface area (Å²) in [5, 5.41) is 0. The van der Waals surface area contributed by atoms with Crippen molar-refractivity contribution in [3.05, 3.63) is 35.4 Å². The first-order chi connectivity index (χ1) is 10.7. The molecule has 1 unspecified atom stereocenters. The second-order valence-corrected chi connectivity index (χ2v) is 6.37. The Kier molecular flexibility index (Phi) is 4.46. The molecule has 1 aromatic carbocycles. The molecule has 0 N–H and O–H groups in total. The molecular formula is C18H24N2O2. The summed E-state index contributed by atoms with van der Waals surface area (Å²) in [5.41, 5.74) is 1.81. The van der Waals surface area contributed by atoms with Gasteiger partial charge in [0.25, 0.3) is 5.91 Å². The molecule has 2 aliphatic rings. The third-order valence-corrected chi connectivity index (χ3v) is 4.93. The number of carbonyl (C=O) groups excluding carboxylic acids is 2. The highest BCUT2D eigenvalue weighted by Gasteiger charge is 2.34.